The molecule has 5 nitrogen and oxygen atoms in total. The average molecular weight is 453 g/mol. The highest BCUT2D eigenvalue weighted by Crippen LogP contribution is 2.30. The molecule has 0 aliphatic carbocycles. The molecule has 0 unspecified atom stereocenters. The maximum atomic E-state index is 9.31. The summed E-state index contributed by atoms with van der Waals surface area (Å²) in [5.74, 6) is 2.31. The van der Waals surface area contributed by atoms with Crippen LogP contribution in [0.3, 0.4) is 0 Å². The topological polar surface area (TPSA) is 67.8 Å². The van der Waals surface area contributed by atoms with Crippen LogP contribution in [0.1, 0.15) is 34.9 Å². The average Bonchev–Trinajstić information content (AvgIpc) is 3.00. The predicted octanol–water partition coefficient (Wildman–Crippen LogP) is 6.26. The largest absolute Gasteiger partial charge is 0.490 e. The smallest absolute Gasteiger partial charge is 0.237 e. The van der Waals surface area contributed by atoms with E-state index in [1.54, 1.807) is 6.21 Å². The van der Waals surface area contributed by atoms with E-state index in [4.69, 9.17) is 13.9 Å². The van der Waals surface area contributed by atoms with E-state index < -0.39 is 0 Å². The lowest BCUT2D eigenvalue weighted by molar-refractivity contribution is 0.269. The summed E-state index contributed by atoms with van der Waals surface area (Å²) in [5.41, 5.74) is 3.15. The first kappa shape index (κ1) is 20.7. The van der Waals surface area contributed by atoms with E-state index in [1.807, 2.05) is 63.2 Å². The SMILES string of the molecule is CCOc1cc(C=Nc2oc(C)c(C)c2C#N)ccc1OCc1ccc(Br)cc1. The highest BCUT2D eigenvalue weighted by Gasteiger charge is 2.13. The molecule has 2 aromatic carbocycles. The quantitative estimate of drug-likeness (QED) is 0.396. The van der Waals surface area contributed by atoms with Crippen molar-refractivity contribution in [2.75, 3.05) is 6.61 Å². The number of nitrogens with zero attached hydrogens (tertiary/aromatic N) is 2. The minimum atomic E-state index is 0.316. The van der Waals surface area contributed by atoms with Crippen LogP contribution in [-0.2, 0) is 6.61 Å². The number of hydrogen-bond acceptors (Lipinski definition) is 5. The van der Waals surface area contributed by atoms with Crippen molar-refractivity contribution in [3.05, 3.63) is 75.0 Å². The number of aryl methyl sites for hydroxylation is 1. The van der Waals surface area contributed by atoms with Gasteiger partial charge in [0.15, 0.2) is 11.5 Å². The normalized spacial score (nSPS) is 10.9. The molecule has 0 bridgehead atoms. The number of ether oxygens (including phenoxy) is 2. The van der Waals surface area contributed by atoms with Crippen LogP contribution in [0.5, 0.6) is 11.5 Å². The summed E-state index contributed by atoms with van der Waals surface area (Å²) in [4.78, 5) is 4.35. The van der Waals surface area contributed by atoms with Gasteiger partial charge in [-0.1, -0.05) is 28.1 Å². The number of halogens is 1. The lowest BCUT2D eigenvalue weighted by Crippen LogP contribution is -2.00. The molecule has 0 aliphatic heterocycles. The van der Waals surface area contributed by atoms with E-state index in [0.717, 1.165) is 21.2 Å². The Morgan fingerprint density at radius 2 is 1.86 bits per heavy atom. The van der Waals surface area contributed by atoms with E-state index in [2.05, 4.69) is 27.0 Å². The maximum absolute atomic E-state index is 9.31. The van der Waals surface area contributed by atoms with Gasteiger partial charge in [-0.05, 0) is 62.2 Å². The van der Waals surface area contributed by atoms with Gasteiger partial charge in [-0.25, -0.2) is 4.99 Å². The molecule has 3 aromatic rings. The molecule has 3 rings (SSSR count). The Bertz CT molecular complexity index is 1060. The Morgan fingerprint density at radius 1 is 1.10 bits per heavy atom. The van der Waals surface area contributed by atoms with E-state index in [0.29, 0.717) is 41.9 Å². The highest BCUT2D eigenvalue weighted by atomic mass is 79.9. The van der Waals surface area contributed by atoms with Crippen LogP contribution < -0.4 is 9.47 Å². The standard InChI is InChI=1S/C23H21BrN2O3/c1-4-27-22-11-18(13-26-23-20(12-25)15(2)16(3)29-23)7-10-21(22)28-14-17-5-8-19(24)9-6-17/h5-11,13H,4,14H2,1-3H3. The van der Waals surface area contributed by atoms with Crippen LogP contribution in [-0.4, -0.2) is 12.8 Å². The Balaban J connectivity index is 1.79. The van der Waals surface area contributed by atoms with Gasteiger partial charge in [0.05, 0.1) is 6.61 Å². The molecule has 0 fully saturated rings. The third kappa shape index (κ3) is 5.07. The number of rotatable bonds is 7. The molecule has 0 spiro atoms. The summed E-state index contributed by atoms with van der Waals surface area (Å²) in [5, 5.41) is 9.31. The molecule has 29 heavy (non-hydrogen) atoms. The Morgan fingerprint density at radius 3 is 2.55 bits per heavy atom. The fraction of sp³-hybridized carbons (Fsp3) is 0.217. The zero-order valence-electron chi connectivity index (χ0n) is 16.5. The van der Waals surface area contributed by atoms with Gasteiger partial charge in [0, 0.05) is 16.3 Å². The summed E-state index contributed by atoms with van der Waals surface area (Å²) in [6.07, 6.45) is 1.65. The minimum absolute atomic E-state index is 0.316. The highest BCUT2D eigenvalue weighted by molar-refractivity contribution is 9.10. The Kier molecular flexibility index (Phi) is 6.73. The van der Waals surface area contributed by atoms with Crippen molar-refractivity contribution in [2.45, 2.75) is 27.4 Å². The lowest BCUT2D eigenvalue weighted by Gasteiger charge is -2.12. The molecule has 0 saturated heterocycles. The zero-order valence-corrected chi connectivity index (χ0v) is 18.1. The number of furan rings is 1. The van der Waals surface area contributed by atoms with Gasteiger partial charge in [0.25, 0.3) is 0 Å². The summed E-state index contributed by atoms with van der Waals surface area (Å²) in [6, 6.07) is 15.7. The molecule has 148 valence electrons. The lowest BCUT2D eigenvalue weighted by atomic mass is 10.2. The van der Waals surface area contributed by atoms with Gasteiger partial charge in [-0.3, -0.25) is 0 Å². The van der Waals surface area contributed by atoms with Crippen molar-refractivity contribution in [1.82, 2.24) is 0 Å². The molecule has 0 amide bonds. The van der Waals surface area contributed by atoms with E-state index in [1.165, 1.54) is 0 Å². The second-order valence-electron chi connectivity index (χ2n) is 6.39. The van der Waals surface area contributed by atoms with Crippen molar-refractivity contribution in [2.24, 2.45) is 4.99 Å². The third-order valence-corrected chi connectivity index (χ3v) is 4.91. The van der Waals surface area contributed by atoms with E-state index >= 15 is 0 Å². The summed E-state index contributed by atoms with van der Waals surface area (Å²) in [7, 11) is 0. The second-order valence-corrected chi connectivity index (χ2v) is 7.30. The Hall–Kier alpha value is -3.04. The van der Waals surface area contributed by atoms with Crippen LogP contribution in [0.4, 0.5) is 5.88 Å². The molecule has 1 aromatic heterocycles. The molecule has 0 aliphatic rings. The fourth-order valence-corrected chi connectivity index (χ4v) is 2.96. The fourth-order valence-electron chi connectivity index (χ4n) is 2.70. The number of aliphatic imine (C=N–C) groups is 1. The van der Waals surface area contributed by atoms with Gasteiger partial charge >= 0.3 is 0 Å². The van der Waals surface area contributed by atoms with Crippen LogP contribution in [0.25, 0.3) is 0 Å². The maximum Gasteiger partial charge on any atom is 0.237 e. The number of hydrogen-bond donors (Lipinski definition) is 0. The molecule has 0 radical (unpaired) electrons. The molecular weight excluding hydrogens is 432 g/mol. The van der Waals surface area contributed by atoms with Crippen molar-refractivity contribution >= 4 is 28.0 Å². The first-order valence-electron chi connectivity index (χ1n) is 9.20. The van der Waals surface area contributed by atoms with Gasteiger partial charge in [0.1, 0.15) is 24.0 Å². The molecule has 6 heteroatoms. The van der Waals surface area contributed by atoms with Crippen LogP contribution in [0.15, 0.2) is 56.3 Å². The van der Waals surface area contributed by atoms with Crippen LogP contribution in [0.2, 0.25) is 0 Å². The first-order valence-corrected chi connectivity index (χ1v) is 9.99. The molecule has 0 atom stereocenters. The van der Waals surface area contributed by atoms with Gasteiger partial charge in [-0.2, -0.15) is 5.26 Å². The Labute approximate surface area is 178 Å². The van der Waals surface area contributed by atoms with Crippen molar-refractivity contribution < 1.29 is 13.9 Å². The van der Waals surface area contributed by atoms with Crippen LogP contribution >= 0.6 is 15.9 Å². The van der Waals surface area contributed by atoms with Crippen molar-refractivity contribution in [3.8, 4) is 17.6 Å². The van der Waals surface area contributed by atoms with E-state index in [9.17, 15) is 5.26 Å². The number of nitriles is 1. The van der Waals surface area contributed by atoms with Gasteiger partial charge in [0.2, 0.25) is 5.88 Å². The predicted molar refractivity (Wildman–Crippen MR) is 116 cm³/mol. The zero-order chi connectivity index (χ0) is 20.8. The van der Waals surface area contributed by atoms with Crippen LogP contribution in [0, 0.1) is 25.2 Å². The van der Waals surface area contributed by atoms with Gasteiger partial charge in [-0.15, -0.1) is 0 Å². The second kappa shape index (κ2) is 9.44. The first-order chi connectivity index (χ1) is 14.0. The van der Waals surface area contributed by atoms with Crippen molar-refractivity contribution in [3.63, 3.8) is 0 Å². The van der Waals surface area contributed by atoms with Gasteiger partial charge < -0.3 is 13.9 Å². The minimum Gasteiger partial charge on any atom is -0.490 e. The summed E-state index contributed by atoms with van der Waals surface area (Å²) in [6.45, 7) is 6.55. The monoisotopic (exact) mass is 452 g/mol. The molecule has 1 heterocycles. The molecule has 0 saturated carbocycles. The van der Waals surface area contributed by atoms with E-state index in [-0.39, 0.29) is 0 Å². The third-order valence-electron chi connectivity index (χ3n) is 4.38. The molecule has 0 N–H and O–H groups in total. The summed E-state index contributed by atoms with van der Waals surface area (Å²) < 4.78 is 18.3. The summed E-state index contributed by atoms with van der Waals surface area (Å²) >= 11 is 3.43. The number of benzene rings is 2. The van der Waals surface area contributed by atoms with Crippen molar-refractivity contribution in [1.29, 1.82) is 5.26 Å². The molecular formula is C23H21BrN2O3.